The topological polar surface area (TPSA) is 95.9 Å². The number of aliphatic carboxylic acids is 1. The van der Waals surface area contributed by atoms with Crippen molar-refractivity contribution in [3.05, 3.63) is 0 Å². The van der Waals surface area contributed by atoms with Crippen molar-refractivity contribution in [1.29, 1.82) is 0 Å². The molecule has 0 unspecified atom stereocenters. The number of nitrogens with one attached hydrogen (secondary N) is 1. The molecule has 0 aliphatic carbocycles. The van der Waals surface area contributed by atoms with Crippen LogP contribution in [0.4, 0.5) is 4.79 Å². The SMILES string of the molecule is CC(C)[C@@](O)(NC(=O)OC(C)(C)C)C(=O)O. The smallest absolute Gasteiger partial charge is 0.410 e. The van der Waals surface area contributed by atoms with Gasteiger partial charge in [-0.2, -0.15) is 0 Å². The van der Waals surface area contributed by atoms with E-state index in [1.165, 1.54) is 13.8 Å². The molecule has 0 aromatic carbocycles. The highest BCUT2D eigenvalue weighted by molar-refractivity contribution is 5.82. The van der Waals surface area contributed by atoms with E-state index in [-0.39, 0.29) is 0 Å². The van der Waals surface area contributed by atoms with Gasteiger partial charge >= 0.3 is 12.1 Å². The summed E-state index contributed by atoms with van der Waals surface area (Å²) in [5.41, 5.74) is -3.07. The minimum absolute atomic E-state index is 0.683. The summed E-state index contributed by atoms with van der Waals surface area (Å²) in [6.45, 7) is 7.88. The zero-order chi connectivity index (χ0) is 13.1. The molecule has 0 aliphatic heterocycles. The van der Waals surface area contributed by atoms with Crippen LogP contribution in [-0.2, 0) is 9.53 Å². The third-order valence-corrected chi connectivity index (χ3v) is 1.85. The van der Waals surface area contributed by atoms with Gasteiger partial charge in [0.25, 0.3) is 0 Å². The maximum absolute atomic E-state index is 11.3. The molecular formula is C10H19NO5. The fraction of sp³-hybridized carbons (Fsp3) is 0.800. The van der Waals surface area contributed by atoms with Crippen LogP contribution in [0.2, 0.25) is 0 Å². The van der Waals surface area contributed by atoms with Crippen LogP contribution in [0.1, 0.15) is 34.6 Å². The summed E-state index contributed by atoms with van der Waals surface area (Å²) in [6, 6.07) is 0. The number of carboxylic acids is 1. The van der Waals surface area contributed by atoms with Crippen LogP contribution in [0.5, 0.6) is 0 Å². The van der Waals surface area contributed by atoms with E-state index in [1.807, 2.05) is 5.32 Å². The number of carbonyl (C=O) groups is 2. The molecule has 0 aromatic heterocycles. The molecule has 0 fully saturated rings. The lowest BCUT2D eigenvalue weighted by Crippen LogP contribution is -2.58. The van der Waals surface area contributed by atoms with E-state index in [0.29, 0.717) is 0 Å². The molecule has 0 rings (SSSR count). The Hall–Kier alpha value is -1.30. The monoisotopic (exact) mass is 233 g/mol. The first-order chi connectivity index (χ1) is 6.99. The lowest BCUT2D eigenvalue weighted by Gasteiger charge is -2.29. The maximum atomic E-state index is 11.3. The molecule has 0 radical (unpaired) electrons. The van der Waals surface area contributed by atoms with Crippen LogP contribution in [0, 0.1) is 5.92 Å². The molecule has 0 spiro atoms. The van der Waals surface area contributed by atoms with Crippen LogP contribution in [0.25, 0.3) is 0 Å². The predicted octanol–water partition coefficient (Wildman–Crippen LogP) is 0.940. The molecule has 0 saturated carbocycles. The standard InChI is InChI=1S/C10H19NO5/c1-6(2)10(15,7(12)13)11-8(14)16-9(3,4)5/h6,15H,1-5H3,(H,11,14)(H,12,13)/t10-/m0/s1. The van der Waals surface area contributed by atoms with Crippen molar-refractivity contribution in [1.82, 2.24) is 5.32 Å². The second kappa shape index (κ2) is 4.69. The zero-order valence-electron chi connectivity index (χ0n) is 10.2. The second-order valence-electron chi connectivity index (χ2n) is 4.85. The van der Waals surface area contributed by atoms with Crippen LogP contribution in [0.15, 0.2) is 0 Å². The molecule has 0 aromatic rings. The Labute approximate surface area is 94.6 Å². The Morgan fingerprint density at radius 2 is 1.69 bits per heavy atom. The number of hydrogen-bond donors (Lipinski definition) is 3. The minimum Gasteiger partial charge on any atom is -0.478 e. The number of amides is 1. The molecule has 1 amide bonds. The van der Waals surface area contributed by atoms with Gasteiger partial charge in [0.2, 0.25) is 5.72 Å². The second-order valence-corrected chi connectivity index (χ2v) is 4.85. The van der Waals surface area contributed by atoms with E-state index in [9.17, 15) is 14.7 Å². The van der Waals surface area contributed by atoms with Gasteiger partial charge in [-0.1, -0.05) is 13.8 Å². The molecule has 0 saturated heterocycles. The molecule has 1 atom stereocenters. The Kier molecular flexibility index (Phi) is 4.31. The highest BCUT2D eigenvalue weighted by Crippen LogP contribution is 2.15. The largest absolute Gasteiger partial charge is 0.478 e. The van der Waals surface area contributed by atoms with Gasteiger partial charge in [0, 0.05) is 5.92 Å². The number of carbonyl (C=O) groups excluding carboxylic acids is 1. The lowest BCUT2D eigenvalue weighted by atomic mass is 10.0. The molecule has 6 heteroatoms. The van der Waals surface area contributed by atoms with Gasteiger partial charge in [-0.05, 0) is 20.8 Å². The highest BCUT2D eigenvalue weighted by Gasteiger charge is 2.42. The maximum Gasteiger partial charge on any atom is 0.410 e. The van der Waals surface area contributed by atoms with E-state index >= 15 is 0 Å². The minimum atomic E-state index is -2.32. The van der Waals surface area contributed by atoms with E-state index in [0.717, 1.165) is 0 Å². The molecular weight excluding hydrogens is 214 g/mol. The first-order valence-corrected chi connectivity index (χ1v) is 4.96. The van der Waals surface area contributed by atoms with Crippen molar-refractivity contribution in [2.75, 3.05) is 0 Å². The first-order valence-electron chi connectivity index (χ1n) is 4.96. The summed E-state index contributed by atoms with van der Waals surface area (Å²) < 4.78 is 4.86. The van der Waals surface area contributed by atoms with Crippen molar-refractivity contribution < 1.29 is 24.5 Å². The Balaban J connectivity index is 4.68. The van der Waals surface area contributed by atoms with Gasteiger partial charge in [0.1, 0.15) is 5.60 Å². The van der Waals surface area contributed by atoms with Crippen molar-refractivity contribution in [3.8, 4) is 0 Å². The summed E-state index contributed by atoms with van der Waals surface area (Å²) in [7, 11) is 0. The molecule has 16 heavy (non-hydrogen) atoms. The number of ether oxygens (including phenoxy) is 1. The molecule has 0 heterocycles. The van der Waals surface area contributed by atoms with Crippen molar-refractivity contribution in [2.45, 2.75) is 45.9 Å². The van der Waals surface area contributed by atoms with Crippen molar-refractivity contribution in [2.24, 2.45) is 5.92 Å². The summed E-state index contributed by atoms with van der Waals surface area (Å²) in [5, 5.41) is 20.5. The van der Waals surface area contributed by atoms with Gasteiger partial charge in [-0.15, -0.1) is 0 Å². The normalized spacial score (nSPS) is 15.4. The number of alkyl carbamates (subject to hydrolysis) is 1. The average Bonchev–Trinajstić information content (AvgIpc) is 1.98. The zero-order valence-corrected chi connectivity index (χ0v) is 10.2. The van der Waals surface area contributed by atoms with Crippen LogP contribution >= 0.6 is 0 Å². The van der Waals surface area contributed by atoms with E-state index < -0.39 is 29.3 Å². The molecule has 0 aliphatic rings. The summed E-state index contributed by atoms with van der Waals surface area (Å²) in [6.07, 6.45) is -0.967. The third-order valence-electron chi connectivity index (χ3n) is 1.85. The Morgan fingerprint density at radius 3 is 1.94 bits per heavy atom. The van der Waals surface area contributed by atoms with Crippen molar-refractivity contribution in [3.63, 3.8) is 0 Å². The molecule has 3 N–H and O–H groups in total. The number of hydrogen-bond acceptors (Lipinski definition) is 4. The number of rotatable bonds is 3. The quantitative estimate of drug-likeness (QED) is 0.630. The summed E-state index contributed by atoms with van der Waals surface area (Å²) in [5.74, 6) is -2.20. The van der Waals surface area contributed by atoms with E-state index in [2.05, 4.69) is 0 Å². The van der Waals surface area contributed by atoms with E-state index in [4.69, 9.17) is 9.84 Å². The lowest BCUT2D eigenvalue weighted by molar-refractivity contribution is -0.167. The fourth-order valence-corrected chi connectivity index (χ4v) is 0.904. The fourth-order valence-electron chi connectivity index (χ4n) is 0.904. The van der Waals surface area contributed by atoms with Crippen molar-refractivity contribution >= 4 is 12.1 Å². The Morgan fingerprint density at radius 1 is 1.25 bits per heavy atom. The van der Waals surface area contributed by atoms with Gasteiger partial charge in [-0.3, -0.25) is 5.32 Å². The first kappa shape index (κ1) is 14.7. The summed E-state index contributed by atoms with van der Waals surface area (Å²) in [4.78, 5) is 22.2. The van der Waals surface area contributed by atoms with Gasteiger partial charge in [0.15, 0.2) is 0 Å². The highest BCUT2D eigenvalue weighted by atomic mass is 16.6. The van der Waals surface area contributed by atoms with Crippen LogP contribution in [-0.4, -0.2) is 33.6 Å². The predicted molar refractivity (Wildman–Crippen MR) is 56.8 cm³/mol. The van der Waals surface area contributed by atoms with Gasteiger partial charge < -0.3 is 14.9 Å². The summed E-state index contributed by atoms with van der Waals surface area (Å²) >= 11 is 0. The third kappa shape index (κ3) is 4.06. The number of aliphatic hydroxyl groups is 1. The molecule has 94 valence electrons. The van der Waals surface area contributed by atoms with Crippen LogP contribution in [0.3, 0.4) is 0 Å². The molecule has 0 bridgehead atoms. The Bertz CT molecular complexity index is 281. The van der Waals surface area contributed by atoms with Gasteiger partial charge in [-0.25, -0.2) is 9.59 Å². The van der Waals surface area contributed by atoms with Gasteiger partial charge in [0.05, 0.1) is 0 Å². The average molecular weight is 233 g/mol. The van der Waals surface area contributed by atoms with Crippen LogP contribution < -0.4 is 5.32 Å². The number of carboxylic acid groups (broad SMARTS) is 1. The molecule has 6 nitrogen and oxygen atoms in total. The van der Waals surface area contributed by atoms with E-state index in [1.54, 1.807) is 20.8 Å².